The number of carbonyl (C=O) groups is 1. The van der Waals surface area contributed by atoms with E-state index >= 15 is 0 Å². The molecule has 30 heavy (non-hydrogen) atoms. The lowest BCUT2D eigenvalue weighted by atomic mass is 10.0. The third kappa shape index (κ3) is 4.38. The minimum absolute atomic E-state index is 0.0264. The van der Waals surface area contributed by atoms with Gasteiger partial charge in [0.2, 0.25) is 5.91 Å². The van der Waals surface area contributed by atoms with Gasteiger partial charge in [-0.3, -0.25) is 14.9 Å². The maximum Gasteiger partial charge on any atom is 0.271 e. The van der Waals surface area contributed by atoms with E-state index in [1.54, 1.807) is 12.1 Å². The Bertz CT molecular complexity index is 1210. The first kappa shape index (κ1) is 20.8. The zero-order valence-electron chi connectivity index (χ0n) is 15.2. The number of rotatable bonds is 6. The van der Waals surface area contributed by atoms with Gasteiger partial charge >= 0.3 is 0 Å². The molecule has 0 atom stereocenters. The summed E-state index contributed by atoms with van der Waals surface area (Å²) in [6.45, 7) is 0. The molecule has 3 N–H and O–H groups in total. The number of anilines is 2. The summed E-state index contributed by atoms with van der Waals surface area (Å²) in [5, 5.41) is 34.6. The van der Waals surface area contributed by atoms with Crippen molar-refractivity contribution >= 4 is 46.2 Å². The van der Waals surface area contributed by atoms with Crippen LogP contribution in [0.5, 0.6) is 0 Å². The van der Waals surface area contributed by atoms with Crippen LogP contribution in [0.1, 0.15) is 11.1 Å². The van der Waals surface area contributed by atoms with E-state index in [1.807, 2.05) is 11.4 Å². The molecular weight excluding hydrogens is 424 g/mol. The lowest BCUT2D eigenvalue weighted by Gasteiger charge is -2.11. The maximum atomic E-state index is 12.3. The summed E-state index contributed by atoms with van der Waals surface area (Å²) in [7, 11) is 0. The van der Waals surface area contributed by atoms with E-state index in [-0.39, 0.29) is 39.1 Å². The van der Waals surface area contributed by atoms with Crippen LogP contribution in [0, 0.1) is 32.8 Å². The smallest absolute Gasteiger partial charge is 0.271 e. The van der Waals surface area contributed by atoms with Gasteiger partial charge in [-0.25, -0.2) is 4.98 Å². The first-order valence-corrected chi connectivity index (χ1v) is 10.2. The summed E-state index contributed by atoms with van der Waals surface area (Å²) in [6.07, 6.45) is 0. The predicted octanol–water partition coefficient (Wildman–Crippen LogP) is 3.77. The second-order valence-corrected chi connectivity index (χ2v) is 7.68. The van der Waals surface area contributed by atoms with Crippen molar-refractivity contribution in [3.63, 3.8) is 0 Å². The van der Waals surface area contributed by atoms with Crippen LogP contribution in [0.4, 0.5) is 17.2 Å². The number of nitriles is 2. The van der Waals surface area contributed by atoms with E-state index in [0.29, 0.717) is 10.4 Å². The van der Waals surface area contributed by atoms with Crippen LogP contribution >= 0.6 is 23.1 Å². The van der Waals surface area contributed by atoms with E-state index in [9.17, 15) is 25.4 Å². The molecule has 0 aliphatic rings. The van der Waals surface area contributed by atoms with Gasteiger partial charge in [0.05, 0.1) is 16.2 Å². The minimum Gasteiger partial charge on any atom is -0.383 e. The summed E-state index contributed by atoms with van der Waals surface area (Å²) >= 11 is 2.34. The molecule has 1 amide bonds. The molecule has 0 aliphatic carbocycles. The number of thioether (sulfide) groups is 1. The fourth-order valence-electron chi connectivity index (χ4n) is 2.60. The standard InChI is InChI=1S/C19H12N6O3S2/c20-8-13-17(15-5-2-6-29-15)14(9-21)19(24-18(13)22)30-10-16(26)23-11-3-1-4-12(7-11)25(27)28/h1-7H,10H2,(H2,22,24)(H,23,26). The molecule has 1 aromatic carbocycles. The van der Waals surface area contributed by atoms with Gasteiger partial charge in [-0.1, -0.05) is 23.9 Å². The van der Waals surface area contributed by atoms with Gasteiger partial charge in [0, 0.05) is 28.3 Å². The minimum atomic E-state index is -0.556. The second-order valence-electron chi connectivity index (χ2n) is 5.77. The van der Waals surface area contributed by atoms with Crippen LogP contribution in [0.25, 0.3) is 10.4 Å². The topological polar surface area (TPSA) is 159 Å². The van der Waals surface area contributed by atoms with Crippen molar-refractivity contribution in [2.75, 3.05) is 16.8 Å². The molecule has 0 bridgehead atoms. The van der Waals surface area contributed by atoms with Crippen molar-refractivity contribution < 1.29 is 9.72 Å². The Balaban J connectivity index is 1.84. The number of hydrogen-bond acceptors (Lipinski definition) is 9. The second kappa shape index (κ2) is 9.05. The SMILES string of the molecule is N#Cc1c(N)nc(SCC(=O)Nc2cccc([N+](=O)[O-])c2)c(C#N)c1-c1cccs1. The van der Waals surface area contributed by atoms with Gasteiger partial charge in [-0.15, -0.1) is 11.3 Å². The summed E-state index contributed by atoms with van der Waals surface area (Å²) in [4.78, 5) is 27.4. The lowest BCUT2D eigenvalue weighted by molar-refractivity contribution is -0.384. The number of amides is 1. The van der Waals surface area contributed by atoms with E-state index in [4.69, 9.17) is 5.73 Å². The van der Waals surface area contributed by atoms with Crippen molar-refractivity contribution in [1.29, 1.82) is 10.5 Å². The zero-order chi connectivity index (χ0) is 21.7. The van der Waals surface area contributed by atoms with E-state index in [2.05, 4.69) is 16.4 Å². The molecule has 0 spiro atoms. The number of nitrogens with zero attached hydrogens (tertiary/aromatic N) is 4. The van der Waals surface area contributed by atoms with Crippen molar-refractivity contribution in [2.24, 2.45) is 0 Å². The summed E-state index contributed by atoms with van der Waals surface area (Å²) < 4.78 is 0. The molecule has 0 aliphatic heterocycles. The summed E-state index contributed by atoms with van der Waals surface area (Å²) in [6, 6.07) is 13.2. The van der Waals surface area contributed by atoms with Crippen LogP contribution in [0.15, 0.2) is 46.8 Å². The zero-order valence-corrected chi connectivity index (χ0v) is 16.8. The number of pyridine rings is 1. The Labute approximate surface area is 178 Å². The third-order valence-electron chi connectivity index (χ3n) is 3.86. The largest absolute Gasteiger partial charge is 0.383 e. The average molecular weight is 436 g/mol. The third-order valence-corrected chi connectivity index (χ3v) is 5.73. The summed E-state index contributed by atoms with van der Waals surface area (Å²) in [5.41, 5.74) is 6.72. The Kier molecular flexibility index (Phi) is 6.27. The molecule has 3 rings (SSSR count). The fourth-order valence-corrected chi connectivity index (χ4v) is 4.18. The van der Waals surface area contributed by atoms with Crippen LogP contribution in [-0.2, 0) is 4.79 Å². The maximum absolute atomic E-state index is 12.3. The van der Waals surface area contributed by atoms with Crippen molar-refractivity contribution in [3.05, 3.63) is 63.0 Å². The van der Waals surface area contributed by atoms with Crippen molar-refractivity contribution in [1.82, 2.24) is 4.98 Å². The highest BCUT2D eigenvalue weighted by Gasteiger charge is 2.21. The van der Waals surface area contributed by atoms with Crippen molar-refractivity contribution in [2.45, 2.75) is 5.03 Å². The van der Waals surface area contributed by atoms with Crippen LogP contribution < -0.4 is 11.1 Å². The Morgan fingerprint density at radius 1 is 1.27 bits per heavy atom. The fraction of sp³-hybridized carbons (Fsp3) is 0.0526. The Hall–Kier alpha value is -3.93. The first-order chi connectivity index (χ1) is 14.4. The molecule has 2 aromatic heterocycles. The first-order valence-electron chi connectivity index (χ1n) is 8.29. The number of benzene rings is 1. The van der Waals surface area contributed by atoms with Gasteiger partial charge in [-0.05, 0) is 17.5 Å². The molecule has 9 nitrogen and oxygen atoms in total. The van der Waals surface area contributed by atoms with E-state index in [1.165, 1.54) is 35.6 Å². The highest BCUT2D eigenvalue weighted by molar-refractivity contribution is 8.00. The van der Waals surface area contributed by atoms with Crippen LogP contribution in [0.2, 0.25) is 0 Å². The van der Waals surface area contributed by atoms with Gasteiger partial charge in [0.1, 0.15) is 28.5 Å². The van der Waals surface area contributed by atoms with Gasteiger partial charge in [0.15, 0.2) is 0 Å². The number of hydrogen-bond donors (Lipinski definition) is 2. The Morgan fingerprint density at radius 3 is 2.67 bits per heavy atom. The van der Waals surface area contributed by atoms with Gasteiger partial charge in [-0.2, -0.15) is 10.5 Å². The van der Waals surface area contributed by atoms with Crippen LogP contribution in [0.3, 0.4) is 0 Å². The molecule has 0 fully saturated rings. The monoisotopic (exact) mass is 436 g/mol. The number of nitrogen functional groups attached to an aromatic ring is 1. The number of thiophene rings is 1. The molecule has 11 heteroatoms. The highest BCUT2D eigenvalue weighted by Crippen LogP contribution is 2.37. The van der Waals surface area contributed by atoms with Crippen LogP contribution in [-0.4, -0.2) is 21.6 Å². The number of nitrogens with two attached hydrogens (primary N) is 1. The number of nitro benzene ring substituents is 1. The Morgan fingerprint density at radius 2 is 2.03 bits per heavy atom. The molecule has 0 saturated carbocycles. The van der Waals surface area contributed by atoms with E-state index < -0.39 is 10.8 Å². The quantitative estimate of drug-likeness (QED) is 0.335. The van der Waals surface area contributed by atoms with Crippen molar-refractivity contribution in [3.8, 4) is 22.6 Å². The molecule has 3 aromatic rings. The predicted molar refractivity (Wildman–Crippen MR) is 114 cm³/mol. The highest BCUT2D eigenvalue weighted by atomic mass is 32.2. The number of carbonyl (C=O) groups excluding carboxylic acids is 1. The lowest BCUT2D eigenvalue weighted by Crippen LogP contribution is -2.14. The van der Waals surface area contributed by atoms with Gasteiger partial charge < -0.3 is 11.1 Å². The molecule has 0 unspecified atom stereocenters. The number of aromatic nitrogens is 1. The molecule has 0 radical (unpaired) electrons. The average Bonchev–Trinajstić information content (AvgIpc) is 3.26. The molecule has 2 heterocycles. The number of nitrogens with one attached hydrogen (secondary N) is 1. The molecule has 0 saturated heterocycles. The number of non-ortho nitro benzene ring substituents is 1. The normalized spacial score (nSPS) is 10.1. The van der Waals surface area contributed by atoms with E-state index in [0.717, 1.165) is 11.8 Å². The van der Waals surface area contributed by atoms with Gasteiger partial charge in [0.25, 0.3) is 5.69 Å². The summed E-state index contributed by atoms with van der Waals surface area (Å²) in [5.74, 6) is -0.576. The molecular formula is C19H12N6O3S2. The number of nitro groups is 1. The molecule has 148 valence electrons.